The summed E-state index contributed by atoms with van der Waals surface area (Å²) in [6.45, 7) is 0. The van der Waals surface area contributed by atoms with Crippen LogP contribution in [0.4, 0.5) is 0 Å². The average Bonchev–Trinajstić information content (AvgIpc) is 2.03. The van der Waals surface area contributed by atoms with E-state index in [1.165, 1.54) is 11.8 Å². The van der Waals surface area contributed by atoms with E-state index in [1.54, 1.807) is 12.4 Å². The first-order chi connectivity index (χ1) is 5.29. The second kappa shape index (κ2) is 4.31. The molecule has 1 rings (SSSR count). The number of aliphatic hydroxyl groups excluding tert-OH is 1. The highest BCUT2D eigenvalue weighted by Gasteiger charge is 1.94. The van der Waals surface area contributed by atoms with E-state index in [9.17, 15) is 0 Å². The Labute approximate surface area is 74.7 Å². The van der Waals surface area contributed by atoms with E-state index in [0.29, 0.717) is 5.75 Å². The summed E-state index contributed by atoms with van der Waals surface area (Å²) in [6, 6.07) is 3.79. The first-order valence-electron chi connectivity index (χ1n) is 3.03. The molecule has 1 aromatic heterocycles. The van der Waals surface area contributed by atoms with Crippen LogP contribution in [0.5, 0.6) is 0 Å². The average molecular weight is 185 g/mol. The van der Waals surface area contributed by atoms with Crippen LogP contribution in [0.25, 0.3) is 0 Å². The molecule has 0 aliphatic rings. The number of hydrogen-bond donors (Lipinski definition) is 1. The number of aliphatic hydroxyl groups is 1. The minimum atomic E-state index is -0.0122. The van der Waals surface area contributed by atoms with Gasteiger partial charge in [-0.15, -0.1) is 0 Å². The molecule has 2 nitrogen and oxygen atoms in total. The Morgan fingerprint density at radius 1 is 1.55 bits per heavy atom. The Hall–Kier alpha value is -0.610. The highest BCUT2D eigenvalue weighted by atomic mass is 32.2. The number of rotatable bonds is 2. The number of nitrogens with zero attached hydrogens (tertiary/aromatic N) is 1. The first kappa shape index (κ1) is 8.49. The Balaban J connectivity index is 2.45. The standard InChI is InChI=1S/C7H7NOS2/c9-7(10)11-5-6-1-3-8-4-2-6/h1-4H,5H2,(H,9,10). The predicted octanol–water partition coefficient (Wildman–Crippen LogP) is 2.16. The van der Waals surface area contributed by atoms with Crippen molar-refractivity contribution in [2.75, 3.05) is 0 Å². The van der Waals surface area contributed by atoms with Crippen molar-refractivity contribution < 1.29 is 5.11 Å². The molecule has 11 heavy (non-hydrogen) atoms. The largest absolute Gasteiger partial charge is 0.494 e. The quantitative estimate of drug-likeness (QED) is 0.716. The molecule has 0 aliphatic heterocycles. The molecule has 0 unspecified atom stereocenters. The summed E-state index contributed by atoms with van der Waals surface area (Å²) in [6.07, 6.45) is 3.44. The second-order valence-corrected chi connectivity index (χ2v) is 3.52. The molecule has 0 spiro atoms. The number of thiocarbonyl (C=S) groups is 1. The predicted molar refractivity (Wildman–Crippen MR) is 50.8 cm³/mol. The Kier molecular flexibility index (Phi) is 3.32. The van der Waals surface area contributed by atoms with E-state index in [1.807, 2.05) is 12.1 Å². The lowest BCUT2D eigenvalue weighted by Gasteiger charge is -1.96. The summed E-state index contributed by atoms with van der Waals surface area (Å²) in [5, 5.41) is 8.69. The van der Waals surface area contributed by atoms with E-state index in [-0.39, 0.29) is 4.38 Å². The van der Waals surface area contributed by atoms with Crippen LogP contribution in [0.3, 0.4) is 0 Å². The van der Waals surface area contributed by atoms with Crippen molar-refractivity contribution in [3.63, 3.8) is 0 Å². The zero-order chi connectivity index (χ0) is 8.10. The highest BCUT2D eigenvalue weighted by molar-refractivity contribution is 8.21. The van der Waals surface area contributed by atoms with Gasteiger partial charge in [0.25, 0.3) is 0 Å². The van der Waals surface area contributed by atoms with Gasteiger partial charge in [0.05, 0.1) is 0 Å². The SMILES string of the molecule is OC(=S)SCc1ccncc1. The smallest absolute Gasteiger partial charge is 0.217 e. The van der Waals surface area contributed by atoms with Gasteiger partial charge in [0, 0.05) is 18.1 Å². The van der Waals surface area contributed by atoms with Crippen LogP contribution in [-0.4, -0.2) is 14.5 Å². The van der Waals surface area contributed by atoms with Crippen molar-refractivity contribution in [3.8, 4) is 0 Å². The molecule has 0 aliphatic carbocycles. The fourth-order valence-electron chi connectivity index (χ4n) is 0.624. The zero-order valence-electron chi connectivity index (χ0n) is 5.73. The minimum Gasteiger partial charge on any atom is -0.494 e. The van der Waals surface area contributed by atoms with Gasteiger partial charge in [-0.2, -0.15) is 0 Å². The van der Waals surface area contributed by atoms with Gasteiger partial charge >= 0.3 is 0 Å². The van der Waals surface area contributed by atoms with Gasteiger partial charge in [0.1, 0.15) is 0 Å². The van der Waals surface area contributed by atoms with Gasteiger partial charge in [0.2, 0.25) is 4.38 Å². The minimum absolute atomic E-state index is 0.0122. The fourth-order valence-corrected chi connectivity index (χ4v) is 1.28. The zero-order valence-corrected chi connectivity index (χ0v) is 7.36. The summed E-state index contributed by atoms with van der Waals surface area (Å²) in [7, 11) is 0. The van der Waals surface area contributed by atoms with Gasteiger partial charge in [-0.25, -0.2) is 0 Å². The summed E-state index contributed by atoms with van der Waals surface area (Å²) in [5.74, 6) is 0.706. The maximum Gasteiger partial charge on any atom is 0.217 e. The lowest BCUT2D eigenvalue weighted by molar-refractivity contribution is 0.585. The Morgan fingerprint density at radius 2 is 2.18 bits per heavy atom. The van der Waals surface area contributed by atoms with Crippen molar-refractivity contribution in [3.05, 3.63) is 30.1 Å². The lowest BCUT2D eigenvalue weighted by atomic mass is 10.3. The third kappa shape index (κ3) is 3.34. The van der Waals surface area contributed by atoms with Gasteiger partial charge in [-0.3, -0.25) is 4.98 Å². The molecule has 0 bridgehead atoms. The van der Waals surface area contributed by atoms with Gasteiger partial charge < -0.3 is 5.11 Å². The molecule has 0 radical (unpaired) electrons. The number of pyridine rings is 1. The summed E-state index contributed by atoms with van der Waals surface area (Å²) in [4.78, 5) is 3.87. The maximum absolute atomic E-state index is 8.69. The molecule has 0 saturated heterocycles. The molecule has 0 atom stereocenters. The van der Waals surface area contributed by atoms with E-state index >= 15 is 0 Å². The maximum atomic E-state index is 8.69. The summed E-state index contributed by atoms with van der Waals surface area (Å²) in [5.41, 5.74) is 1.11. The monoisotopic (exact) mass is 185 g/mol. The van der Waals surface area contributed by atoms with E-state index in [4.69, 9.17) is 5.11 Å². The molecule has 1 aromatic rings. The molecule has 1 N–H and O–H groups in total. The molecular weight excluding hydrogens is 178 g/mol. The van der Waals surface area contributed by atoms with Crippen LogP contribution < -0.4 is 0 Å². The molecule has 0 aromatic carbocycles. The molecule has 0 amide bonds. The third-order valence-electron chi connectivity index (χ3n) is 1.11. The van der Waals surface area contributed by atoms with E-state index < -0.39 is 0 Å². The Morgan fingerprint density at radius 3 is 2.73 bits per heavy atom. The van der Waals surface area contributed by atoms with Crippen LogP contribution in [-0.2, 0) is 5.75 Å². The molecule has 1 heterocycles. The Bertz CT molecular complexity index is 237. The van der Waals surface area contributed by atoms with Gasteiger partial charge in [-0.1, -0.05) is 11.8 Å². The number of aromatic nitrogens is 1. The van der Waals surface area contributed by atoms with Crippen molar-refractivity contribution in [1.82, 2.24) is 4.98 Å². The second-order valence-electron chi connectivity index (χ2n) is 1.91. The lowest BCUT2D eigenvalue weighted by Crippen LogP contribution is -1.86. The van der Waals surface area contributed by atoms with Crippen LogP contribution in [0, 0.1) is 0 Å². The molecule has 0 saturated carbocycles. The topological polar surface area (TPSA) is 33.1 Å². The van der Waals surface area contributed by atoms with E-state index in [2.05, 4.69) is 17.2 Å². The molecule has 4 heteroatoms. The van der Waals surface area contributed by atoms with Crippen LogP contribution in [0.15, 0.2) is 24.5 Å². The normalized spacial score (nSPS) is 9.45. The van der Waals surface area contributed by atoms with Crippen LogP contribution in [0.1, 0.15) is 5.56 Å². The van der Waals surface area contributed by atoms with Crippen LogP contribution in [0.2, 0.25) is 0 Å². The van der Waals surface area contributed by atoms with Crippen LogP contribution >= 0.6 is 24.0 Å². The van der Waals surface area contributed by atoms with Crippen molar-refractivity contribution in [2.45, 2.75) is 5.75 Å². The van der Waals surface area contributed by atoms with E-state index in [0.717, 1.165) is 5.56 Å². The third-order valence-corrected chi connectivity index (χ3v) is 2.19. The van der Waals surface area contributed by atoms with Crippen molar-refractivity contribution in [2.24, 2.45) is 0 Å². The number of thioether (sulfide) groups is 1. The van der Waals surface area contributed by atoms with Gasteiger partial charge in [0.15, 0.2) is 0 Å². The first-order valence-corrected chi connectivity index (χ1v) is 4.43. The summed E-state index contributed by atoms with van der Waals surface area (Å²) < 4.78 is -0.0122. The summed E-state index contributed by atoms with van der Waals surface area (Å²) >= 11 is 5.74. The number of hydrogen-bond acceptors (Lipinski definition) is 3. The molecular formula is C7H7NOS2. The highest BCUT2D eigenvalue weighted by Crippen LogP contribution is 2.11. The fraction of sp³-hybridized carbons (Fsp3) is 0.143. The molecule has 58 valence electrons. The van der Waals surface area contributed by atoms with Gasteiger partial charge in [-0.05, 0) is 29.9 Å². The van der Waals surface area contributed by atoms with Crippen molar-refractivity contribution >= 4 is 28.4 Å². The van der Waals surface area contributed by atoms with Crippen molar-refractivity contribution in [1.29, 1.82) is 0 Å². The molecule has 0 fully saturated rings.